The van der Waals surface area contributed by atoms with Crippen LogP contribution in [-0.2, 0) is 6.54 Å². The maximum Gasteiger partial charge on any atom is 0.270 e. The van der Waals surface area contributed by atoms with Crippen LogP contribution in [0, 0.1) is 6.92 Å². The Balaban J connectivity index is 1.69. The Morgan fingerprint density at radius 1 is 1.03 bits per heavy atom. The van der Waals surface area contributed by atoms with Crippen molar-refractivity contribution >= 4 is 5.91 Å². The van der Waals surface area contributed by atoms with Gasteiger partial charge in [-0.3, -0.25) is 9.78 Å². The summed E-state index contributed by atoms with van der Waals surface area (Å²) in [7, 11) is 1.63. The number of hydrogen-bond donors (Lipinski definition) is 1. The summed E-state index contributed by atoms with van der Waals surface area (Å²) < 4.78 is 6.91. The van der Waals surface area contributed by atoms with Gasteiger partial charge in [0.05, 0.1) is 30.7 Å². The molecular weight excluding hydrogens is 376 g/mol. The predicted molar refractivity (Wildman–Crippen MR) is 116 cm³/mol. The molecular formula is C24H22N4O2. The minimum atomic E-state index is -0.213. The molecule has 0 saturated heterocycles. The van der Waals surface area contributed by atoms with Crippen LogP contribution in [0.3, 0.4) is 0 Å². The zero-order valence-electron chi connectivity index (χ0n) is 16.9. The average Bonchev–Trinajstić information content (AvgIpc) is 3.24. The largest absolute Gasteiger partial charge is 0.497 e. The van der Waals surface area contributed by atoms with Gasteiger partial charge in [-0.25, -0.2) is 4.68 Å². The highest BCUT2D eigenvalue weighted by Gasteiger charge is 2.18. The van der Waals surface area contributed by atoms with Crippen molar-refractivity contribution in [1.29, 1.82) is 0 Å². The van der Waals surface area contributed by atoms with E-state index in [1.54, 1.807) is 24.1 Å². The van der Waals surface area contributed by atoms with Crippen molar-refractivity contribution in [2.24, 2.45) is 0 Å². The quantitative estimate of drug-likeness (QED) is 0.529. The number of benzene rings is 2. The Morgan fingerprint density at radius 3 is 2.57 bits per heavy atom. The molecule has 0 unspecified atom stereocenters. The van der Waals surface area contributed by atoms with E-state index in [1.165, 1.54) is 0 Å². The highest BCUT2D eigenvalue weighted by Crippen LogP contribution is 2.24. The third-order valence-electron chi connectivity index (χ3n) is 4.73. The molecule has 2 aromatic carbocycles. The summed E-state index contributed by atoms with van der Waals surface area (Å²) >= 11 is 0. The van der Waals surface area contributed by atoms with Gasteiger partial charge in [0.25, 0.3) is 5.91 Å². The maximum absolute atomic E-state index is 13.0. The Kier molecular flexibility index (Phi) is 5.57. The van der Waals surface area contributed by atoms with Crippen LogP contribution in [-0.4, -0.2) is 27.8 Å². The number of hydrogen-bond acceptors (Lipinski definition) is 4. The van der Waals surface area contributed by atoms with E-state index in [1.807, 2.05) is 73.7 Å². The van der Waals surface area contributed by atoms with Crippen LogP contribution in [0.5, 0.6) is 5.75 Å². The molecule has 4 aromatic rings. The van der Waals surface area contributed by atoms with Gasteiger partial charge in [-0.2, -0.15) is 5.10 Å². The fraction of sp³-hybridized carbons (Fsp3) is 0.125. The predicted octanol–water partition coefficient (Wildman–Crippen LogP) is 4.18. The number of amides is 1. The van der Waals surface area contributed by atoms with Crippen LogP contribution in [0.4, 0.5) is 0 Å². The third-order valence-corrected chi connectivity index (χ3v) is 4.73. The molecule has 150 valence electrons. The average molecular weight is 398 g/mol. The van der Waals surface area contributed by atoms with E-state index in [9.17, 15) is 4.79 Å². The fourth-order valence-corrected chi connectivity index (χ4v) is 3.17. The van der Waals surface area contributed by atoms with Gasteiger partial charge in [-0.15, -0.1) is 0 Å². The molecule has 1 N–H and O–H groups in total. The summed E-state index contributed by atoms with van der Waals surface area (Å²) in [5.74, 6) is 0.555. The first-order valence-electron chi connectivity index (χ1n) is 9.63. The van der Waals surface area contributed by atoms with Gasteiger partial charge < -0.3 is 10.1 Å². The van der Waals surface area contributed by atoms with E-state index in [0.717, 1.165) is 28.3 Å². The SMILES string of the molecule is COc1ccc(-c2cc(C(=O)NCc3ccccn3)n(-c3cccc(C)c3)n2)cc1. The molecule has 2 heterocycles. The monoisotopic (exact) mass is 398 g/mol. The highest BCUT2D eigenvalue weighted by molar-refractivity contribution is 5.94. The van der Waals surface area contributed by atoms with Crippen molar-refractivity contribution in [3.8, 4) is 22.7 Å². The topological polar surface area (TPSA) is 69.0 Å². The molecule has 6 nitrogen and oxygen atoms in total. The number of methoxy groups -OCH3 is 1. The second-order valence-corrected chi connectivity index (χ2v) is 6.90. The molecule has 0 fully saturated rings. The lowest BCUT2D eigenvalue weighted by Crippen LogP contribution is -2.25. The summed E-state index contributed by atoms with van der Waals surface area (Å²) in [4.78, 5) is 17.3. The molecule has 0 aliphatic heterocycles. The van der Waals surface area contributed by atoms with Crippen molar-refractivity contribution < 1.29 is 9.53 Å². The first-order chi connectivity index (χ1) is 14.6. The number of nitrogens with zero attached hydrogens (tertiary/aromatic N) is 3. The molecule has 0 aliphatic carbocycles. The lowest BCUT2D eigenvalue weighted by molar-refractivity contribution is 0.0942. The minimum absolute atomic E-state index is 0.213. The zero-order valence-corrected chi connectivity index (χ0v) is 16.9. The van der Waals surface area contributed by atoms with Crippen LogP contribution < -0.4 is 10.1 Å². The smallest absolute Gasteiger partial charge is 0.270 e. The van der Waals surface area contributed by atoms with Crippen molar-refractivity contribution in [3.63, 3.8) is 0 Å². The van der Waals surface area contributed by atoms with E-state index in [0.29, 0.717) is 17.9 Å². The lowest BCUT2D eigenvalue weighted by Gasteiger charge is -2.09. The first kappa shape index (κ1) is 19.4. The van der Waals surface area contributed by atoms with Gasteiger partial charge in [0, 0.05) is 11.8 Å². The number of carbonyl (C=O) groups excluding carboxylic acids is 1. The molecule has 0 spiro atoms. The minimum Gasteiger partial charge on any atom is -0.497 e. The number of nitrogens with one attached hydrogen (secondary N) is 1. The van der Waals surface area contributed by atoms with Crippen molar-refractivity contribution in [2.45, 2.75) is 13.5 Å². The second-order valence-electron chi connectivity index (χ2n) is 6.90. The first-order valence-corrected chi connectivity index (χ1v) is 9.63. The van der Waals surface area contributed by atoms with E-state index < -0.39 is 0 Å². The lowest BCUT2D eigenvalue weighted by atomic mass is 10.1. The van der Waals surface area contributed by atoms with Gasteiger partial charge in [0.2, 0.25) is 0 Å². The highest BCUT2D eigenvalue weighted by atomic mass is 16.5. The van der Waals surface area contributed by atoms with Crippen LogP contribution in [0.25, 0.3) is 16.9 Å². The molecule has 4 rings (SSSR count). The van der Waals surface area contributed by atoms with Crippen LogP contribution in [0.15, 0.2) is 79.0 Å². The molecule has 0 radical (unpaired) electrons. The number of pyridine rings is 1. The summed E-state index contributed by atoms with van der Waals surface area (Å²) in [6, 6.07) is 22.9. The van der Waals surface area contributed by atoms with Gasteiger partial charge in [0.1, 0.15) is 11.4 Å². The molecule has 0 bridgehead atoms. The summed E-state index contributed by atoms with van der Waals surface area (Å²) in [5.41, 5.74) is 4.79. The van der Waals surface area contributed by atoms with E-state index in [4.69, 9.17) is 9.84 Å². The maximum atomic E-state index is 13.0. The van der Waals surface area contributed by atoms with Crippen LogP contribution in [0.1, 0.15) is 21.7 Å². The molecule has 0 atom stereocenters. The van der Waals surface area contributed by atoms with Crippen LogP contribution >= 0.6 is 0 Å². The Morgan fingerprint density at radius 2 is 1.87 bits per heavy atom. The number of aryl methyl sites for hydroxylation is 1. The zero-order chi connectivity index (χ0) is 20.9. The second kappa shape index (κ2) is 8.61. The summed E-state index contributed by atoms with van der Waals surface area (Å²) in [6.07, 6.45) is 1.71. The van der Waals surface area contributed by atoms with Crippen molar-refractivity contribution in [2.75, 3.05) is 7.11 Å². The third kappa shape index (κ3) is 4.22. The van der Waals surface area contributed by atoms with Gasteiger partial charge >= 0.3 is 0 Å². The summed E-state index contributed by atoms with van der Waals surface area (Å²) in [5, 5.41) is 7.66. The number of aromatic nitrogens is 3. The Bertz CT molecular complexity index is 1150. The van der Waals surface area contributed by atoms with Crippen molar-refractivity contribution in [1.82, 2.24) is 20.1 Å². The Labute approximate surface area is 175 Å². The van der Waals surface area contributed by atoms with Gasteiger partial charge in [-0.1, -0.05) is 18.2 Å². The number of rotatable bonds is 6. The molecule has 1 amide bonds. The molecule has 2 aromatic heterocycles. The van der Waals surface area contributed by atoms with Crippen LogP contribution in [0.2, 0.25) is 0 Å². The fourth-order valence-electron chi connectivity index (χ4n) is 3.17. The normalized spacial score (nSPS) is 10.6. The number of ether oxygens (including phenoxy) is 1. The van der Waals surface area contributed by atoms with Crippen molar-refractivity contribution in [3.05, 3.63) is 95.9 Å². The van der Waals surface area contributed by atoms with E-state index >= 15 is 0 Å². The molecule has 0 aliphatic rings. The standard InChI is InChI=1S/C24H22N4O2/c1-17-6-5-8-20(14-17)28-23(24(29)26-16-19-7-3-4-13-25-19)15-22(27-28)18-9-11-21(30-2)12-10-18/h3-15H,16H2,1-2H3,(H,26,29). The number of carbonyl (C=O) groups is 1. The van der Waals surface area contributed by atoms with Gasteiger partial charge in [0.15, 0.2) is 0 Å². The molecule has 30 heavy (non-hydrogen) atoms. The Hall–Kier alpha value is -3.93. The molecule has 0 saturated carbocycles. The van der Waals surface area contributed by atoms with E-state index in [-0.39, 0.29) is 5.91 Å². The summed E-state index contributed by atoms with van der Waals surface area (Å²) in [6.45, 7) is 2.36. The van der Waals surface area contributed by atoms with Gasteiger partial charge in [-0.05, 0) is 67.1 Å². The van der Waals surface area contributed by atoms with E-state index in [2.05, 4.69) is 10.3 Å². The molecule has 6 heteroatoms.